The van der Waals surface area contributed by atoms with Gasteiger partial charge < -0.3 is 33.8 Å². The van der Waals surface area contributed by atoms with Crippen molar-refractivity contribution >= 4 is 39.5 Å². The maximum atomic E-state index is 13.1. The Bertz CT molecular complexity index is 2040. The van der Waals surface area contributed by atoms with Crippen molar-refractivity contribution in [3.05, 3.63) is 0 Å². The van der Waals surface area contributed by atoms with Crippen LogP contribution in [0.4, 0.5) is 0 Å². The predicted molar refractivity (Wildman–Crippen MR) is 432 cm³/mol. The number of esters is 4. The summed E-state index contributed by atoms with van der Waals surface area (Å²) in [6, 6.07) is 0. The molecule has 0 aromatic rings. The minimum Gasteiger partial charge on any atom is -0.462 e. The van der Waals surface area contributed by atoms with Gasteiger partial charge in [-0.3, -0.25) is 37.3 Å². The number of aliphatic hydroxyl groups excluding tert-OH is 1. The Kier molecular flexibility index (Phi) is 73.4. The first-order valence-corrected chi connectivity index (χ1v) is 47.2. The number of aliphatic hydroxyl groups is 1. The fraction of sp³-hybridized carbons (Fsp3) is 0.953. The molecule has 3 N–H and O–H groups in total. The van der Waals surface area contributed by atoms with Crippen molar-refractivity contribution < 1.29 is 80.2 Å². The van der Waals surface area contributed by atoms with Gasteiger partial charge in [0, 0.05) is 25.7 Å². The summed E-state index contributed by atoms with van der Waals surface area (Å²) in [6.45, 7) is 14.3. The molecule has 3 unspecified atom stereocenters. The fourth-order valence-corrected chi connectivity index (χ4v) is 14.9. The Morgan fingerprint density at radius 2 is 0.457 bits per heavy atom. The molecule has 17 nitrogen and oxygen atoms in total. The Balaban J connectivity index is 5.21. The van der Waals surface area contributed by atoms with E-state index in [4.69, 9.17) is 37.0 Å². The molecule has 0 spiro atoms. The molecule has 0 bridgehead atoms. The van der Waals surface area contributed by atoms with Crippen molar-refractivity contribution in [2.45, 2.75) is 465 Å². The van der Waals surface area contributed by atoms with Crippen LogP contribution in [0.2, 0.25) is 0 Å². The van der Waals surface area contributed by atoms with E-state index < -0.39 is 97.5 Å². The van der Waals surface area contributed by atoms with Crippen LogP contribution >= 0.6 is 15.6 Å². The zero-order valence-corrected chi connectivity index (χ0v) is 71.2. The molecule has 6 atom stereocenters. The lowest BCUT2D eigenvalue weighted by Gasteiger charge is -2.21. The van der Waals surface area contributed by atoms with Gasteiger partial charge in [0.15, 0.2) is 12.2 Å². The number of unbranched alkanes of at least 4 members (excludes halogenated alkanes) is 48. The maximum Gasteiger partial charge on any atom is 0.472 e. The molecule has 0 heterocycles. The van der Waals surface area contributed by atoms with E-state index in [2.05, 4.69) is 55.4 Å². The van der Waals surface area contributed by atoms with E-state index in [0.29, 0.717) is 31.6 Å². The zero-order chi connectivity index (χ0) is 77.4. The van der Waals surface area contributed by atoms with Gasteiger partial charge in [0.2, 0.25) is 0 Å². The Morgan fingerprint density at radius 3 is 0.676 bits per heavy atom. The van der Waals surface area contributed by atoms with Gasteiger partial charge in [-0.15, -0.1) is 0 Å². The number of carbonyl (C=O) groups is 4. The van der Waals surface area contributed by atoms with Crippen LogP contribution in [0.5, 0.6) is 0 Å². The molecular formula is C86H168O17P2. The summed E-state index contributed by atoms with van der Waals surface area (Å²) < 4.78 is 68.9. The fourth-order valence-electron chi connectivity index (χ4n) is 13.3. The van der Waals surface area contributed by atoms with Crippen molar-refractivity contribution in [1.82, 2.24) is 0 Å². The Labute approximate surface area is 645 Å². The second kappa shape index (κ2) is 74.8. The van der Waals surface area contributed by atoms with Crippen molar-refractivity contribution in [3.63, 3.8) is 0 Å². The predicted octanol–water partition coefficient (Wildman–Crippen LogP) is 25.9. The first-order chi connectivity index (χ1) is 50.6. The SMILES string of the molecule is CCC(C)CCCCCCCCCCCCCCCCC(=O)O[C@H](COC(=O)CCCCCCCCC(C)C)COP(=O)(O)OC[C@H](O)COP(=O)(O)OC[C@@H](COC(=O)CCCCCCCCCCCCCCCCC(C)C)OC(=O)CCCCCCCCCCCCCCCCCCCCC(C)C. The summed E-state index contributed by atoms with van der Waals surface area (Å²) in [5, 5.41) is 10.7. The summed E-state index contributed by atoms with van der Waals surface area (Å²) in [5.41, 5.74) is 0. The average molecular weight is 1540 g/mol. The first kappa shape index (κ1) is 103. The van der Waals surface area contributed by atoms with E-state index in [1.165, 1.54) is 244 Å². The summed E-state index contributed by atoms with van der Waals surface area (Å²) >= 11 is 0. The second-order valence-corrected chi connectivity index (χ2v) is 35.5. The lowest BCUT2D eigenvalue weighted by atomic mass is 9.99. The highest BCUT2D eigenvalue weighted by atomic mass is 31.2. The minimum atomic E-state index is -4.97. The minimum absolute atomic E-state index is 0.106. The van der Waals surface area contributed by atoms with Gasteiger partial charge in [-0.05, 0) is 49.4 Å². The van der Waals surface area contributed by atoms with Crippen molar-refractivity contribution in [2.75, 3.05) is 39.6 Å². The number of rotatable bonds is 83. The van der Waals surface area contributed by atoms with Crippen molar-refractivity contribution in [2.24, 2.45) is 23.7 Å². The molecule has 0 aliphatic rings. The molecule has 0 rings (SSSR count). The summed E-state index contributed by atoms with van der Waals surface area (Å²) in [7, 11) is -9.93. The lowest BCUT2D eigenvalue weighted by Crippen LogP contribution is -2.30. The number of hydrogen-bond acceptors (Lipinski definition) is 15. The number of carbonyl (C=O) groups excluding carboxylic acids is 4. The quantitative estimate of drug-likeness (QED) is 0.0222. The Hall–Kier alpha value is -1.94. The molecule has 0 aliphatic carbocycles. The molecule has 0 radical (unpaired) electrons. The maximum absolute atomic E-state index is 13.1. The van der Waals surface area contributed by atoms with E-state index >= 15 is 0 Å². The molecule has 0 aromatic carbocycles. The largest absolute Gasteiger partial charge is 0.472 e. The topological polar surface area (TPSA) is 237 Å². The van der Waals surface area contributed by atoms with E-state index in [0.717, 1.165) is 114 Å². The van der Waals surface area contributed by atoms with E-state index in [9.17, 15) is 43.2 Å². The molecule has 0 fully saturated rings. The van der Waals surface area contributed by atoms with Crippen LogP contribution < -0.4 is 0 Å². The number of ether oxygens (including phenoxy) is 4. The molecule has 0 aliphatic heterocycles. The van der Waals surface area contributed by atoms with E-state index in [-0.39, 0.29) is 25.7 Å². The molecule has 105 heavy (non-hydrogen) atoms. The number of phosphoric ester groups is 2. The third-order valence-corrected chi connectivity index (χ3v) is 22.3. The third-order valence-electron chi connectivity index (χ3n) is 20.4. The molecule has 0 aromatic heterocycles. The van der Waals surface area contributed by atoms with Crippen LogP contribution in [0.15, 0.2) is 0 Å². The van der Waals surface area contributed by atoms with Gasteiger partial charge in [0.1, 0.15) is 19.3 Å². The van der Waals surface area contributed by atoms with Gasteiger partial charge in [-0.25, -0.2) is 9.13 Å². The van der Waals surface area contributed by atoms with Crippen LogP contribution in [-0.4, -0.2) is 96.7 Å². The normalized spacial score (nSPS) is 14.2. The molecule has 0 saturated carbocycles. The van der Waals surface area contributed by atoms with Gasteiger partial charge in [-0.1, -0.05) is 396 Å². The summed E-state index contributed by atoms with van der Waals surface area (Å²) in [6.07, 6.45) is 64.0. The average Bonchev–Trinajstić information content (AvgIpc) is 0.926. The first-order valence-electron chi connectivity index (χ1n) is 44.2. The molecule has 19 heteroatoms. The molecule has 624 valence electrons. The highest BCUT2D eigenvalue weighted by Gasteiger charge is 2.31. The lowest BCUT2D eigenvalue weighted by molar-refractivity contribution is -0.161. The van der Waals surface area contributed by atoms with Crippen molar-refractivity contribution in [3.8, 4) is 0 Å². The van der Waals surface area contributed by atoms with Crippen LogP contribution in [0.3, 0.4) is 0 Å². The molecule has 0 amide bonds. The van der Waals surface area contributed by atoms with Crippen molar-refractivity contribution in [1.29, 1.82) is 0 Å². The molecule has 0 saturated heterocycles. The van der Waals surface area contributed by atoms with Crippen LogP contribution in [0.1, 0.15) is 447 Å². The molecular weight excluding hydrogens is 1370 g/mol. The summed E-state index contributed by atoms with van der Waals surface area (Å²) in [5.74, 6) is 1.04. The van der Waals surface area contributed by atoms with Crippen LogP contribution in [0, 0.1) is 23.7 Å². The Morgan fingerprint density at radius 1 is 0.267 bits per heavy atom. The second-order valence-electron chi connectivity index (χ2n) is 32.6. The third kappa shape index (κ3) is 78.5. The van der Waals surface area contributed by atoms with Gasteiger partial charge in [0.05, 0.1) is 26.4 Å². The van der Waals surface area contributed by atoms with Gasteiger partial charge >= 0.3 is 39.5 Å². The monoisotopic (exact) mass is 1540 g/mol. The highest BCUT2D eigenvalue weighted by molar-refractivity contribution is 7.47. The van der Waals surface area contributed by atoms with Gasteiger partial charge in [-0.2, -0.15) is 0 Å². The van der Waals surface area contributed by atoms with E-state index in [1.807, 2.05) is 0 Å². The van der Waals surface area contributed by atoms with Crippen LogP contribution in [0.25, 0.3) is 0 Å². The standard InChI is InChI=1S/C86H168O17P2/c1-9-79(8)65-57-49-40-34-28-22-17-19-25-31-37-43-53-61-69-86(91)103-82(73-97-84(89)67-59-51-45-44-48-56-64-78(6)7)75-101-105(94,95)99-71-80(87)70-98-104(92,93)100-74-81(72-96-83(88)66-58-50-41-35-29-23-18-16-21-27-33-39-47-55-63-77(4)5)102-85(90)68-60-52-42-36-30-24-15-13-11-10-12-14-20-26-32-38-46-54-62-76(2)3/h76-82,87H,9-75H2,1-8H3,(H,92,93)(H,94,95)/t79?,80-,81-,82-/m1/s1. The number of hydrogen-bond donors (Lipinski definition) is 3. The van der Waals surface area contributed by atoms with Crippen LogP contribution in [-0.2, 0) is 65.4 Å². The van der Waals surface area contributed by atoms with Gasteiger partial charge in [0.25, 0.3) is 0 Å². The zero-order valence-electron chi connectivity index (χ0n) is 69.4. The highest BCUT2D eigenvalue weighted by Crippen LogP contribution is 2.45. The smallest absolute Gasteiger partial charge is 0.462 e. The summed E-state index contributed by atoms with van der Waals surface area (Å²) in [4.78, 5) is 73.2. The number of phosphoric acid groups is 2. The van der Waals surface area contributed by atoms with E-state index in [1.54, 1.807) is 0 Å².